The Hall–Kier alpha value is -1.33. The van der Waals surface area contributed by atoms with Crippen LogP contribution in [0.5, 0.6) is 5.75 Å². The molecule has 0 bridgehead atoms. The van der Waals surface area contributed by atoms with Crippen LogP contribution in [-0.4, -0.2) is 24.3 Å². The maximum Gasteiger partial charge on any atom is 0.573 e. The van der Waals surface area contributed by atoms with Gasteiger partial charge in [0, 0.05) is 18.5 Å². The Bertz CT molecular complexity index is 525. The van der Waals surface area contributed by atoms with Gasteiger partial charge in [0.15, 0.2) is 5.96 Å². The molecule has 1 aliphatic rings. The summed E-state index contributed by atoms with van der Waals surface area (Å²) in [5.41, 5.74) is 5.90. The number of alkyl halides is 5. The number of nitrogens with one attached hydrogen (secondary N) is 1. The summed E-state index contributed by atoms with van der Waals surface area (Å²) >= 11 is 0. The van der Waals surface area contributed by atoms with Crippen LogP contribution in [0.4, 0.5) is 27.6 Å². The molecule has 0 unspecified atom stereocenters. The van der Waals surface area contributed by atoms with Gasteiger partial charge in [-0.1, -0.05) is 0 Å². The largest absolute Gasteiger partial charge is 0.573 e. The zero-order valence-electron chi connectivity index (χ0n) is 11.0. The summed E-state index contributed by atoms with van der Waals surface area (Å²) in [5, 5.41) is 2.60. The number of halogens is 6. The van der Waals surface area contributed by atoms with Gasteiger partial charge < -0.3 is 15.8 Å². The summed E-state index contributed by atoms with van der Waals surface area (Å²) in [4.78, 5) is 3.85. The van der Waals surface area contributed by atoms with Crippen molar-refractivity contribution in [3.05, 3.63) is 24.3 Å². The molecule has 0 aromatic heterocycles. The highest BCUT2D eigenvalue weighted by molar-refractivity contribution is 14.0. The number of anilines is 1. The van der Waals surface area contributed by atoms with Crippen molar-refractivity contribution >= 4 is 35.6 Å². The quantitative estimate of drug-likeness (QED) is 0.328. The van der Waals surface area contributed by atoms with Gasteiger partial charge in [0.05, 0.1) is 6.04 Å². The number of ether oxygens (including phenoxy) is 1. The van der Waals surface area contributed by atoms with Crippen LogP contribution < -0.4 is 15.8 Å². The summed E-state index contributed by atoms with van der Waals surface area (Å²) in [5.74, 6) is -3.13. The lowest BCUT2D eigenvalue weighted by Crippen LogP contribution is -2.40. The Labute approximate surface area is 139 Å². The van der Waals surface area contributed by atoms with Crippen molar-refractivity contribution in [2.24, 2.45) is 10.7 Å². The number of rotatable bonds is 3. The zero-order valence-corrected chi connectivity index (χ0v) is 13.4. The molecule has 1 fully saturated rings. The van der Waals surface area contributed by atoms with Gasteiger partial charge in [-0.3, -0.25) is 0 Å². The van der Waals surface area contributed by atoms with E-state index in [0.29, 0.717) is 5.69 Å². The van der Waals surface area contributed by atoms with Crippen molar-refractivity contribution in [2.45, 2.75) is 31.2 Å². The van der Waals surface area contributed by atoms with Gasteiger partial charge in [-0.05, 0) is 24.3 Å². The maximum absolute atomic E-state index is 12.6. The predicted octanol–water partition coefficient (Wildman–Crippen LogP) is 3.73. The molecule has 0 heterocycles. The van der Waals surface area contributed by atoms with Gasteiger partial charge in [0.25, 0.3) is 5.92 Å². The third-order valence-corrected chi connectivity index (χ3v) is 2.75. The van der Waals surface area contributed by atoms with Crippen LogP contribution in [0.25, 0.3) is 0 Å². The Morgan fingerprint density at radius 3 is 2.23 bits per heavy atom. The van der Waals surface area contributed by atoms with Crippen molar-refractivity contribution in [2.75, 3.05) is 5.32 Å². The highest BCUT2D eigenvalue weighted by Gasteiger charge is 2.45. The Kier molecular flexibility index (Phi) is 5.82. The fourth-order valence-electron chi connectivity index (χ4n) is 1.84. The first-order valence-electron chi connectivity index (χ1n) is 5.97. The molecular formula is C12H13F5IN3O. The van der Waals surface area contributed by atoms with E-state index in [0.717, 1.165) is 12.1 Å². The topological polar surface area (TPSA) is 59.6 Å². The molecule has 124 valence electrons. The molecule has 0 amide bonds. The van der Waals surface area contributed by atoms with E-state index in [4.69, 9.17) is 5.73 Å². The average Bonchev–Trinajstić information content (AvgIpc) is 2.27. The molecule has 1 aliphatic carbocycles. The van der Waals surface area contributed by atoms with Crippen LogP contribution >= 0.6 is 24.0 Å². The number of hydrogen-bond acceptors (Lipinski definition) is 2. The van der Waals surface area contributed by atoms with E-state index < -0.39 is 18.3 Å². The number of hydrogen-bond donors (Lipinski definition) is 2. The number of nitrogens with two attached hydrogens (primary N) is 1. The first-order chi connectivity index (χ1) is 9.63. The summed E-state index contributed by atoms with van der Waals surface area (Å²) in [7, 11) is 0. The molecule has 2 rings (SSSR count). The van der Waals surface area contributed by atoms with Crippen LogP contribution in [-0.2, 0) is 0 Å². The molecule has 0 spiro atoms. The van der Waals surface area contributed by atoms with E-state index in [1.807, 2.05) is 0 Å². The van der Waals surface area contributed by atoms with Gasteiger partial charge in [0.1, 0.15) is 5.75 Å². The van der Waals surface area contributed by atoms with Gasteiger partial charge in [-0.2, -0.15) is 0 Å². The normalized spacial score (nSPS) is 18.1. The molecule has 10 heteroatoms. The van der Waals surface area contributed by atoms with E-state index in [-0.39, 0.29) is 48.5 Å². The summed E-state index contributed by atoms with van der Waals surface area (Å²) in [6.45, 7) is 0. The van der Waals surface area contributed by atoms with Crippen molar-refractivity contribution in [3.63, 3.8) is 0 Å². The molecule has 22 heavy (non-hydrogen) atoms. The second kappa shape index (κ2) is 6.84. The Balaban J connectivity index is 0.00000242. The minimum atomic E-state index is -4.76. The zero-order chi connectivity index (χ0) is 15.7. The fraction of sp³-hybridized carbons (Fsp3) is 0.417. The molecule has 0 aliphatic heterocycles. The second-order valence-electron chi connectivity index (χ2n) is 4.63. The van der Waals surface area contributed by atoms with Crippen molar-refractivity contribution in [1.82, 2.24) is 0 Å². The number of aliphatic imine (C=N–C) groups is 1. The highest BCUT2D eigenvalue weighted by atomic mass is 127. The van der Waals surface area contributed by atoms with E-state index in [2.05, 4.69) is 15.0 Å². The van der Waals surface area contributed by atoms with Gasteiger partial charge in [-0.15, -0.1) is 37.1 Å². The molecule has 0 radical (unpaired) electrons. The van der Waals surface area contributed by atoms with E-state index in [1.54, 1.807) is 0 Å². The molecule has 1 saturated carbocycles. The molecular weight excluding hydrogens is 424 g/mol. The lowest BCUT2D eigenvalue weighted by Gasteiger charge is -2.32. The van der Waals surface area contributed by atoms with E-state index >= 15 is 0 Å². The van der Waals surface area contributed by atoms with Crippen molar-refractivity contribution < 1.29 is 26.7 Å². The highest BCUT2D eigenvalue weighted by Crippen LogP contribution is 2.39. The number of nitrogens with zero attached hydrogens (tertiary/aromatic N) is 1. The van der Waals surface area contributed by atoms with Crippen LogP contribution in [0.3, 0.4) is 0 Å². The van der Waals surface area contributed by atoms with Crippen molar-refractivity contribution in [3.8, 4) is 5.75 Å². The maximum atomic E-state index is 12.6. The fourth-order valence-corrected chi connectivity index (χ4v) is 1.84. The standard InChI is InChI=1S/C12H12F5N3O.HI/c13-11(14)5-8(6-11)20-10(18)19-7-1-3-9(4-2-7)21-12(15,16)17;/h1-4,8H,5-6H2,(H3,18,19,20);1H. The van der Waals surface area contributed by atoms with Crippen LogP contribution in [0, 0.1) is 0 Å². The second-order valence-corrected chi connectivity index (χ2v) is 4.63. The Morgan fingerprint density at radius 1 is 1.23 bits per heavy atom. The SMILES string of the molecule is I.NC(=NC1CC(F)(F)C1)Nc1ccc(OC(F)(F)F)cc1. The average molecular weight is 437 g/mol. The summed E-state index contributed by atoms with van der Waals surface area (Å²) < 4.78 is 64.8. The molecule has 1 aromatic carbocycles. The number of guanidine groups is 1. The third-order valence-electron chi connectivity index (χ3n) is 2.75. The van der Waals surface area contributed by atoms with Crippen LogP contribution in [0.2, 0.25) is 0 Å². The minimum absolute atomic E-state index is 0. The minimum Gasteiger partial charge on any atom is -0.406 e. The van der Waals surface area contributed by atoms with E-state index in [1.165, 1.54) is 12.1 Å². The monoisotopic (exact) mass is 437 g/mol. The predicted molar refractivity (Wildman–Crippen MR) is 81.8 cm³/mol. The third kappa shape index (κ3) is 5.81. The molecule has 4 nitrogen and oxygen atoms in total. The molecule has 0 saturated heterocycles. The van der Waals surface area contributed by atoms with Gasteiger partial charge in [0.2, 0.25) is 0 Å². The molecule has 3 N–H and O–H groups in total. The van der Waals surface area contributed by atoms with Crippen molar-refractivity contribution in [1.29, 1.82) is 0 Å². The summed E-state index contributed by atoms with van der Waals surface area (Å²) in [6, 6.07) is 4.26. The molecule has 0 atom stereocenters. The summed E-state index contributed by atoms with van der Waals surface area (Å²) in [6.07, 6.45) is -5.47. The number of benzene rings is 1. The Morgan fingerprint density at radius 2 is 1.77 bits per heavy atom. The van der Waals surface area contributed by atoms with Crippen LogP contribution in [0.1, 0.15) is 12.8 Å². The first kappa shape index (κ1) is 18.7. The van der Waals surface area contributed by atoms with Gasteiger partial charge >= 0.3 is 6.36 Å². The lowest BCUT2D eigenvalue weighted by molar-refractivity contribution is -0.274. The van der Waals surface area contributed by atoms with E-state index in [9.17, 15) is 22.0 Å². The lowest BCUT2D eigenvalue weighted by atomic mass is 9.89. The smallest absolute Gasteiger partial charge is 0.406 e. The first-order valence-corrected chi connectivity index (χ1v) is 5.97. The van der Waals surface area contributed by atoms with Gasteiger partial charge in [-0.25, -0.2) is 13.8 Å². The van der Waals surface area contributed by atoms with Crippen LogP contribution in [0.15, 0.2) is 29.3 Å². The molecule has 1 aromatic rings.